The second kappa shape index (κ2) is 14.5. The summed E-state index contributed by atoms with van der Waals surface area (Å²) in [6, 6.07) is 82.8. The van der Waals surface area contributed by atoms with Crippen LogP contribution in [0.2, 0.25) is 0 Å². The first-order valence-electron chi connectivity index (χ1n) is 21.8. The Morgan fingerprint density at radius 2 is 0.734 bits per heavy atom. The topological polar surface area (TPSA) is 35.6 Å². The third-order valence-corrected chi connectivity index (χ3v) is 12.9. The molecule has 0 fully saturated rings. The van der Waals surface area contributed by atoms with Gasteiger partial charge in [0.25, 0.3) is 0 Å². The molecular formula is C60H38N4. The molecule has 298 valence electrons. The van der Waals surface area contributed by atoms with Crippen molar-refractivity contribution in [2.45, 2.75) is 0 Å². The number of benzene rings is 10. The van der Waals surface area contributed by atoms with Crippen LogP contribution in [0.25, 0.3) is 122 Å². The smallest absolute Gasteiger partial charge is 0.160 e. The van der Waals surface area contributed by atoms with Crippen LogP contribution in [0.15, 0.2) is 231 Å². The van der Waals surface area contributed by atoms with E-state index in [4.69, 9.17) is 9.97 Å². The van der Waals surface area contributed by atoms with Gasteiger partial charge in [0.15, 0.2) is 5.82 Å². The van der Waals surface area contributed by atoms with Crippen molar-refractivity contribution in [2.24, 2.45) is 0 Å². The maximum absolute atomic E-state index is 5.42. The van der Waals surface area contributed by atoms with Gasteiger partial charge in [0.1, 0.15) is 0 Å². The molecule has 0 saturated carbocycles. The molecule has 13 rings (SSSR count). The maximum Gasteiger partial charge on any atom is 0.160 e. The average Bonchev–Trinajstić information content (AvgIpc) is 3.88. The van der Waals surface area contributed by atoms with Crippen LogP contribution in [0.5, 0.6) is 0 Å². The second-order valence-electron chi connectivity index (χ2n) is 16.6. The first-order valence-corrected chi connectivity index (χ1v) is 21.8. The van der Waals surface area contributed by atoms with Gasteiger partial charge in [-0.2, -0.15) is 0 Å². The molecule has 0 aliphatic rings. The maximum atomic E-state index is 5.42. The Balaban J connectivity index is 0.975. The molecule has 0 aliphatic carbocycles. The molecule has 0 aliphatic heterocycles. The second-order valence-corrected chi connectivity index (χ2v) is 16.6. The van der Waals surface area contributed by atoms with E-state index in [1.165, 1.54) is 59.6 Å². The Hall–Kier alpha value is -8.60. The van der Waals surface area contributed by atoms with Crippen LogP contribution in [0.3, 0.4) is 0 Å². The zero-order valence-corrected chi connectivity index (χ0v) is 34.7. The minimum absolute atomic E-state index is 0.687. The molecule has 3 heterocycles. The van der Waals surface area contributed by atoms with Crippen molar-refractivity contribution in [2.75, 3.05) is 0 Å². The van der Waals surface area contributed by atoms with Crippen molar-refractivity contribution in [3.63, 3.8) is 0 Å². The van der Waals surface area contributed by atoms with Crippen LogP contribution in [-0.4, -0.2) is 19.1 Å². The lowest BCUT2D eigenvalue weighted by molar-refractivity contribution is 1.13. The summed E-state index contributed by atoms with van der Waals surface area (Å²) in [5, 5.41) is 9.65. The zero-order chi connectivity index (χ0) is 42.1. The summed E-state index contributed by atoms with van der Waals surface area (Å²) in [6.45, 7) is 0. The van der Waals surface area contributed by atoms with Crippen LogP contribution in [0, 0.1) is 0 Å². The predicted molar refractivity (Wildman–Crippen MR) is 267 cm³/mol. The van der Waals surface area contributed by atoms with E-state index in [1.54, 1.807) is 0 Å². The lowest BCUT2D eigenvalue weighted by Gasteiger charge is -2.15. The number of aromatic nitrogens is 4. The highest BCUT2D eigenvalue weighted by Crippen LogP contribution is 2.40. The standard InChI is InChI=1S/C60H38N4/c1-2-16-39(17-3-1)53-38-54(59-47-24-6-4-18-42(47)35-43-19-5-7-25-48(43)59)62-60(61-53)44-21-14-20-40(34-44)41-32-33-52-51-28-10-13-31-57(51)64(58(52)36-41)46-23-15-22-45(37-46)63-55-29-11-8-26-49(55)50-27-9-12-30-56(50)63/h1-38H. The number of para-hydroxylation sites is 3. The molecule has 0 N–H and O–H groups in total. The fourth-order valence-electron chi connectivity index (χ4n) is 9.99. The van der Waals surface area contributed by atoms with Crippen molar-refractivity contribution in [3.8, 4) is 56.4 Å². The van der Waals surface area contributed by atoms with E-state index in [0.29, 0.717) is 5.82 Å². The van der Waals surface area contributed by atoms with Gasteiger partial charge in [-0.25, -0.2) is 9.97 Å². The Morgan fingerprint density at radius 1 is 0.266 bits per heavy atom. The number of hydrogen-bond donors (Lipinski definition) is 0. The summed E-state index contributed by atoms with van der Waals surface area (Å²) in [5.41, 5.74) is 14.1. The molecule has 10 aromatic carbocycles. The molecule has 4 nitrogen and oxygen atoms in total. The summed E-state index contributed by atoms with van der Waals surface area (Å²) in [7, 11) is 0. The molecule has 0 radical (unpaired) electrons. The first kappa shape index (κ1) is 36.1. The minimum atomic E-state index is 0.687. The fourth-order valence-corrected chi connectivity index (χ4v) is 9.99. The van der Waals surface area contributed by atoms with Crippen LogP contribution >= 0.6 is 0 Å². The van der Waals surface area contributed by atoms with Gasteiger partial charge in [0.2, 0.25) is 0 Å². The van der Waals surface area contributed by atoms with Gasteiger partial charge in [-0.3, -0.25) is 0 Å². The molecule has 4 heteroatoms. The molecular weight excluding hydrogens is 777 g/mol. The van der Waals surface area contributed by atoms with E-state index >= 15 is 0 Å². The molecule has 0 saturated heterocycles. The Bertz CT molecular complexity index is 3860. The van der Waals surface area contributed by atoms with Crippen molar-refractivity contribution in [1.82, 2.24) is 19.1 Å². The Morgan fingerprint density at radius 3 is 1.38 bits per heavy atom. The monoisotopic (exact) mass is 814 g/mol. The lowest BCUT2D eigenvalue weighted by atomic mass is 9.94. The number of fused-ring (bicyclic) bond motifs is 8. The van der Waals surface area contributed by atoms with E-state index in [-0.39, 0.29) is 0 Å². The van der Waals surface area contributed by atoms with E-state index in [1.807, 2.05) is 6.07 Å². The molecule has 0 amide bonds. The summed E-state index contributed by atoms with van der Waals surface area (Å²) in [5.74, 6) is 0.687. The molecule has 0 spiro atoms. The quantitative estimate of drug-likeness (QED) is 0.157. The van der Waals surface area contributed by atoms with E-state index in [0.717, 1.165) is 56.1 Å². The van der Waals surface area contributed by atoms with Crippen LogP contribution in [0.1, 0.15) is 0 Å². The highest BCUT2D eigenvalue weighted by atomic mass is 15.0. The number of nitrogens with zero attached hydrogens (tertiary/aromatic N) is 4. The van der Waals surface area contributed by atoms with Gasteiger partial charge in [-0.15, -0.1) is 0 Å². The average molecular weight is 815 g/mol. The fraction of sp³-hybridized carbons (Fsp3) is 0. The summed E-state index contributed by atoms with van der Waals surface area (Å²) in [6.07, 6.45) is 0. The molecule has 0 atom stereocenters. The molecule has 0 unspecified atom stereocenters. The highest BCUT2D eigenvalue weighted by molar-refractivity contribution is 6.13. The van der Waals surface area contributed by atoms with Crippen molar-refractivity contribution >= 4 is 65.2 Å². The van der Waals surface area contributed by atoms with Crippen LogP contribution in [0.4, 0.5) is 0 Å². The molecule has 13 aromatic rings. The zero-order valence-electron chi connectivity index (χ0n) is 34.7. The van der Waals surface area contributed by atoms with Gasteiger partial charge < -0.3 is 9.13 Å². The van der Waals surface area contributed by atoms with E-state index < -0.39 is 0 Å². The minimum Gasteiger partial charge on any atom is -0.309 e. The first-order chi connectivity index (χ1) is 31.7. The molecule has 0 bridgehead atoms. The van der Waals surface area contributed by atoms with Crippen molar-refractivity contribution in [1.29, 1.82) is 0 Å². The van der Waals surface area contributed by atoms with E-state index in [9.17, 15) is 0 Å². The highest BCUT2D eigenvalue weighted by Gasteiger charge is 2.19. The lowest BCUT2D eigenvalue weighted by Crippen LogP contribution is -1.98. The predicted octanol–water partition coefficient (Wildman–Crippen LogP) is 15.6. The summed E-state index contributed by atoms with van der Waals surface area (Å²) >= 11 is 0. The van der Waals surface area contributed by atoms with Gasteiger partial charge in [-0.05, 0) is 93.3 Å². The van der Waals surface area contributed by atoms with Gasteiger partial charge >= 0.3 is 0 Å². The SMILES string of the molecule is c1ccc(-c2cc(-c3c4ccccc4cc4ccccc34)nc(-c3cccc(-c4ccc5c6ccccc6n(-c6cccc(-n7c8ccccc8c8ccccc87)c6)c5c4)c3)n2)cc1. The van der Waals surface area contributed by atoms with Gasteiger partial charge in [0, 0.05) is 49.6 Å². The third kappa shape index (κ3) is 5.77. The third-order valence-electron chi connectivity index (χ3n) is 12.9. The number of hydrogen-bond acceptors (Lipinski definition) is 2. The van der Waals surface area contributed by atoms with E-state index in [2.05, 4.69) is 234 Å². The van der Waals surface area contributed by atoms with Gasteiger partial charge in [-0.1, -0.05) is 170 Å². The van der Waals surface area contributed by atoms with Crippen LogP contribution in [-0.2, 0) is 0 Å². The Labute approximate surface area is 369 Å². The molecule has 3 aromatic heterocycles. The normalized spacial score (nSPS) is 11.8. The van der Waals surface area contributed by atoms with Crippen molar-refractivity contribution < 1.29 is 0 Å². The largest absolute Gasteiger partial charge is 0.309 e. The number of rotatable bonds is 6. The summed E-state index contributed by atoms with van der Waals surface area (Å²) in [4.78, 5) is 10.7. The van der Waals surface area contributed by atoms with Crippen LogP contribution < -0.4 is 0 Å². The Kier molecular flexibility index (Phi) is 8.18. The van der Waals surface area contributed by atoms with Crippen molar-refractivity contribution in [3.05, 3.63) is 231 Å². The van der Waals surface area contributed by atoms with Gasteiger partial charge in [0.05, 0.1) is 33.5 Å². The molecule has 64 heavy (non-hydrogen) atoms. The summed E-state index contributed by atoms with van der Waals surface area (Å²) < 4.78 is 4.81.